The maximum Gasteiger partial charge on any atom is 0.207 e. The van der Waals surface area contributed by atoms with Gasteiger partial charge in [-0.25, -0.2) is 9.97 Å². The zero-order chi connectivity index (χ0) is 19.7. The van der Waals surface area contributed by atoms with Crippen LogP contribution in [0.15, 0.2) is 24.3 Å². The number of halogens is 2. The molecule has 11 heteroatoms. The van der Waals surface area contributed by atoms with Crippen LogP contribution in [0, 0.1) is 0 Å². The average molecular weight is 455 g/mol. The zero-order valence-electron chi connectivity index (χ0n) is 17.1. The van der Waals surface area contributed by atoms with Crippen LogP contribution < -0.4 is 44.6 Å². The lowest BCUT2D eigenvalue weighted by Crippen LogP contribution is -3.00. The van der Waals surface area contributed by atoms with Crippen LogP contribution in [-0.4, -0.2) is 54.1 Å². The third-order valence-electron chi connectivity index (χ3n) is 3.64. The van der Waals surface area contributed by atoms with Crippen molar-refractivity contribution < 1.29 is 60.7 Å². The number of hydrogen-bond donors (Lipinski definition) is 4. The lowest BCUT2D eigenvalue weighted by atomic mass is 10.2. The molecule has 2 aromatic rings. The van der Waals surface area contributed by atoms with Crippen LogP contribution in [-0.2, 0) is 26.4 Å². The molecule has 0 aliphatic heterocycles. The van der Waals surface area contributed by atoms with E-state index in [-0.39, 0.29) is 56.7 Å². The molecule has 0 amide bonds. The van der Waals surface area contributed by atoms with Gasteiger partial charge in [0.2, 0.25) is 22.8 Å². The number of pyridine rings is 2. The van der Waals surface area contributed by atoms with E-state index in [1.54, 1.807) is 0 Å². The maximum atomic E-state index is 8.93. The molecule has 0 saturated heterocycles. The summed E-state index contributed by atoms with van der Waals surface area (Å²) in [6, 6.07) is 7.39. The Balaban J connectivity index is -0.000000422. The number of aliphatic hydroxyl groups excluding tert-OH is 4. The van der Waals surface area contributed by atoms with E-state index in [4.69, 9.17) is 20.4 Å². The number of H-pyrrole nitrogens is 2. The van der Waals surface area contributed by atoms with E-state index < -0.39 is 0 Å². The van der Waals surface area contributed by atoms with E-state index in [1.165, 1.54) is 0 Å². The molecule has 9 nitrogen and oxygen atoms in total. The highest BCUT2D eigenvalue weighted by Gasteiger charge is 2.09. The summed E-state index contributed by atoms with van der Waals surface area (Å²) < 4.78 is 0. The van der Waals surface area contributed by atoms with Crippen LogP contribution in [0.2, 0.25) is 0 Å². The second-order valence-corrected chi connectivity index (χ2v) is 6.20. The molecule has 0 aromatic carbocycles. The summed E-state index contributed by atoms with van der Waals surface area (Å²) in [7, 11) is 7.66. The second kappa shape index (κ2) is 16.1. The summed E-state index contributed by atoms with van der Waals surface area (Å²) in [5.41, 5.74) is 4.75. The van der Waals surface area contributed by atoms with Crippen molar-refractivity contribution in [2.24, 2.45) is 0 Å². The average Bonchev–Trinajstić information content (AvgIpc) is 2.67. The SMILES string of the molecule is CN(C)c1cc(CO)[nH+]c(CO)c1.CN(C)c1cc(CO)[nH+]c(CO)c1.O.[Cl-].[Cl-]. The van der Waals surface area contributed by atoms with Gasteiger partial charge < -0.3 is 60.5 Å². The normalized spacial score (nSPS) is 9.10. The summed E-state index contributed by atoms with van der Waals surface area (Å²) in [5, 5.41) is 35.7. The van der Waals surface area contributed by atoms with E-state index in [9.17, 15) is 0 Å². The number of aromatic nitrogens is 2. The molecular formula is C18H32Cl2N4O5. The molecule has 168 valence electrons. The molecule has 0 aliphatic rings. The molecule has 0 atom stereocenters. The minimum absolute atomic E-state index is 0. The van der Waals surface area contributed by atoms with Gasteiger partial charge >= 0.3 is 0 Å². The molecule has 2 aromatic heterocycles. The number of nitrogens with one attached hydrogen (secondary N) is 2. The number of anilines is 2. The zero-order valence-corrected chi connectivity index (χ0v) is 18.6. The molecule has 0 saturated carbocycles. The molecule has 0 radical (unpaired) electrons. The fourth-order valence-electron chi connectivity index (χ4n) is 2.21. The van der Waals surface area contributed by atoms with Gasteiger partial charge in [0.25, 0.3) is 0 Å². The van der Waals surface area contributed by atoms with Crippen LogP contribution in [0.3, 0.4) is 0 Å². The Labute approximate surface area is 183 Å². The van der Waals surface area contributed by atoms with Crippen molar-refractivity contribution >= 4 is 11.4 Å². The van der Waals surface area contributed by atoms with Gasteiger partial charge in [0.05, 0.1) is 0 Å². The van der Waals surface area contributed by atoms with E-state index in [0.29, 0.717) is 22.8 Å². The van der Waals surface area contributed by atoms with Crippen molar-refractivity contribution in [3.05, 3.63) is 47.0 Å². The van der Waals surface area contributed by atoms with E-state index in [1.807, 2.05) is 62.3 Å². The van der Waals surface area contributed by atoms with Crippen LogP contribution in [0.1, 0.15) is 22.8 Å². The molecular weight excluding hydrogens is 423 g/mol. The summed E-state index contributed by atoms with van der Waals surface area (Å²) in [6.07, 6.45) is 0. The first-order valence-corrected chi connectivity index (χ1v) is 8.22. The first-order chi connectivity index (χ1) is 12.3. The number of rotatable bonds is 6. The highest BCUT2D eigenvalue weighted by atomic mass is 35.5. The quantitative estimate of drug-likeness (QED) is 0.340. The lowest BCUT2D eigenvalue weighted by Gasteiger charge is -2.11. The Morgan fingerprint density at radius 1 is 0.586 bits per heavy atom. The Morgan fingerprint density at radius 3 is 0.931 bits per heavy atom. The molecule has 0 spiro atoms. The highest BCUT2D eigenvalue weighted by Crippen LogP contribution is 2.12. The largest absolute Gasteiger partial charge is 1.00 e. The Hall–Kier alpha value is -1.72. The van der Waals surface area contributed by atoms with Crippen LogP contribution in [0.5, 0.6) is 0 Å². The molecule has 8 N–H and O–H groups in total. The van der Waals surface area contributed by atoms with Crippen molar-refractivity contribution in [1.82, 2.24) is 0 Å². The molecule has 0 aliphatic carbocycles. The summed E-state index contributed by atoms with van der Waals surface area (Å²) in [6.45, 7) is -0.188. The Morgan fingerprint density at radius 2 is 0.793 bits per heavy atom. The van der Waals surface area contributed by atoms with Gasteiger partial charge in [-0.05, 0) is 0 Å². The fourth-order valence-corrected chi connectivity index (χ4v) is 2.21. The lowest BCUT2D eigenvalue weighted by molar-refractivity contribution is -0.411. The monoisotopic (exact) mass is 454 g/mol. The van der Waals surface area contributed by atoms with Gasteiger partial charge in [-0.3, -0.25) is 0 Å². The van der Waals surface area contributed by atoms with E-state index in [2.05, 4.69) is 9.97 Å². The van der Waals surface area contributed by atoms with Gasteiger partial charge in [-0.1, -0.05) is 0 Å². The predicted molar refractivity (Wildman–Crippen MR) is 102 cm³/mol. The Bertz CT molecular complexity index is 602. The van der Waals surface area contributed by atoms with E-state index >= 15 is 0 Å². The molecule has 2 heterocycles. The van der Waals surface area contributed by atoms with Crippen molar-refractivity contribution in [3.63, 3.8) is 0 Å². The van der Waals surface area contributed by atoms with Crippen LogP contribution >= 0.6 is 0 Å². The van der Waals surface area contributed by atoms with Crippen LogP contribution in [0.4, 0.5) is 11.4 Å². The number of aromatic amines is 2. The van der Waals surface area contributed by atoms with E-state index in [0.717, 1.165) is 11.4 Å². The standard InChI is InChI=1S/2C9H14N2O2.2ClH.H2O/c2*1-11(2)9-3-7(5-12)10-8(4-9)6-13;;;/h2*3-4,12-13H,5-6H2,1-2H3;2*1H;1H2. The van der Waals surface area contributed by atoms with Gasteiger partial charge in [0.15, 0.2) is 0 Å². The van der Waals surface area contributed by atoms with Crippen molar-refractivity contribution in [2.75, 3.05) is 38.0 Å². The van der Waals surface area contributed by atoms with Crippen molar-refractivity contribution in [1.29, 1.82) is 0 Å². The summed E-state index contributed by atoms with van der Waals surface area (Å²) >= 11 is 0. The predicted octanol–water partition coefficient (Wildman–Crippen LogP) is -7.71. The van der Waals surface area contributed by atoms with Crippen molar-refractivity contribution in [2.45, 2.75) is 26.4 Å². The van der Waals surface area contributed by atoms with Gasteiger partial charge in [-0.2, -0.15) is 0 Å². The first-order valence-electron chi connectivity index (χ1n) is 8.22. The fraction of sp³-hybridized carbons (Fsp3) is 0.444. The first kappa shape index (κ1) is 32.0. The third-order valence-corrected chi connectivity index (χ3v) is 3.64. The highest BCUT2D eigenvalue weighted by molar-refractivity contribution is 5.45. The summed E-state index contributed by atoms with van der Waals surface area (Å²) in [5.74, 6) is 0. The number of hydrogen-bond acceptors (Lipinski definition) is 6. The minimum Gasteiger partial charge on any atom is -1.00 e. The number of aliphatic hydroxyl groups is 4. The van der Waals surface area contributed by atoms with Crippen molar-refractivity contribution in [3.8, 4) is 0 Å². The van der Waals surface area contributed by atoms with Gasteiger partial charge in [-0.15, -0.1) is 0 Å². The molecule has 0 unspecified atom stereocenters. The van der Waals surface area contributed by atoms with Gasteiger partial charge in [0.1, 0.15) is 26.4 Å². The second-order valence-electron chi connectivity index (χ2n) is 6.20. The molecule has 29 heavy (non-hydrogen) atoms. The molecule has 0 fully saturated rings. The third kappa shape index (κ3) is 10.6. The topological polar surface area (TPSA) is 147 Å². The molecule has 2 rings (SSSR count). The summed E-state index contributed by atoms with van der Waals surface area (Å²) in [4.78, 5) is 9.67. The van der Waals surface area contributed by atoms with Gasteiger partial charge in [0, 0.05) is 63.8 Å². The maximum absolute atomic E-state index is 8.93. The minimum atomic E-state index is -0.0469. The Kier molecular flexibility index (Phi) is 17.8. The molecule has 0 bridgehead atoms. The number of nitrogens with zero attached hydrogens (tertiary/aromatic N) is 2. The smallest absolute Gasteiger partial charge is 0.207 e. The van der Waals surface area contributed by atoms with Crippen LogP contribution in [0.25, 0.3) is 0 Å².